The number of hydrogen-bond donors (Lipinski definition) is 0. The van der Waals surface area contributed by atoms with E-state index in [1.54, 1.807) is 0 Å². The molecule has 1 aliphatic rings. The maximum atomic E-state index is 2.31. The monoisotopic (exact) mass is 155 g/mol. The number of rotatable bonds is 2. The first-order chi connectivity index (χ1) is 5.33. The van der Waals surface area contributed by atoms with Gasteiger partial charge in [0.15, 0.2) is 0 Å². The summed E-state index contributed by atoms with van der Waals surface area (Å²) in [5.74, 6) is 0.833. The molecule has 0 spiro atoms. The molecule has 0 saturated heterocycles. The quantitative estimate of drug-likeness (QED) is 0.592. The Hall–Kier alpha value is -0.460. The number of nitrogens with zero attached hydrogens (tertiary/aromatic N) is 1. The Balaban J connectivity index is 0.000000461. The van der Waals surface area contributed by atoms with Crippen molar-refractivity contribution in [3.8, 4) is 0 Å². The van der Waals surface area contributed by atoms with Crippen LogP contribution < -0.4 is 0 Å². The van der Waals surface area contributed by atoms with Gasteiger partial charge in [-0.25, -0.2) is 0 Å². The molecule has 11 heavy (non-hydrogen) atoms. The molecule has 0 bridgehead atoms. The van der Waals surface area contributed by atoms with Crippen molar-refractivity contribution in [3.05, 3.63) is 12.3 Å². The van der Waals surface area contributed by atoms with Gasteiger partial charge in [0, 0.05) is 13.6 Å². The highest BCUT2D eigenvalue weighted by Gasteiger charge is 2.10. The molecule has 0 amide bonds. The van der Waals surface area contributed by atoms with Crippen LogP contribution in [0.1, 0.15) is 33.6 Å². The molecule has 66 valence electrons. The van der Waals surface area contributed by atoms with Crippen LogP contribution in [0, 0.1) is 5.92 Å². The van der Waals surface area contributed by atoms with Gasteiger partial charge in [-0.15, -0.1) is 0 Å². The molecule has 1 heteroatoms. The van der Waals surface area contributed by atoms with Crippen molar-refractivity contribution < 1.29 is 0 Å². The lowest BCUT2D eigenvalue weighted by Gasteiger charge is -2.10. The van der Waals surface area contributed by atoms with E-state index >= 15 is 0 Å². The Morgan fingerprint density at radius 3 is 2.45 bits per heavy atom. The van der Waals surface area contributed by atoms with Crippen molar-refractivity contribution in [1.82, 2.24) is 4.90 Å². The number of hydrogen-bond acceptors (Lipinski definition) is 1. The summed E-state index contributed by atoms with van der Waals surface area (Å²) in [4.78, 5) is 2.25. The highest BCUT2D eigenvalue weighted by molar-refractivity contribution is 4.96. The Kier molecular flexibility index (Phi) is 6.00. The molecule has 0 saturated carbocycles. The first kappa shape index (κ1) is 10.5. The van der Waals surface area contributed by atoms with E-state index in [2.05, 4.69) is 31.1 Å². The summed E-state index contributed by atoms with van der Waals surface area (Å²) < 4.78 is 0. The molecule has 1 atom stereocenters. The summed E-state index contributed by atoms with van der Waals surface area (Å²) in [6.07, 6.45) is 7.15. The second kappa shape index (κ2) is 6.26. The lowest BCUT2D eigenvalue weighted by atomic mass is 10.1. The normalized spacial score (nSPS) is 21.5. The maximum Gasteiger partial charge on any atom is 0.0232 e. The molecule has 0 N–H and O–H groups in total. The Morgan fingerprint density at radius 2 is 2.09 bits per heavy atom. The molecule has 0 aromatic carbocycles. The van der Waals surface area contributed by atoms with Crippen molar-refractivity contribution >= 4 is 0 Å². The molecule has 1 nitrogen and oxygen atoms in total. The first-order valence-corrected chi connectivity index (χ1v) is 4.71. The van der Waals surface area contributed by atoms with Crippen molar-refractivity contribution in [1.29, 1.82) is 0 Å². The van der Waals surface area contributed by atoms with Crippen LogP contribution in [0.5, 0.6) is 0 Å². The summed E-state index contributed by atoms with van der Waals surface area (Å²) in [6, 6.07) is 0. The van der Waals surface area contributed by atoms with E-state index < -0.39 is 0 Å². The lowest BCUT2D eigenvalue weighted by molar-refractivity contribution is 0.421. The molecular formula is C10H21N. The van der Waals surface area contributed by atoms with Crippen LogP contribution in [0.25, 0.3) is 0 Å². The van der Waals surface area contributed by atoms with E-state index in [9.17, 15) is 0 Å². The summed E-state index contributed by atoms with van der Waals surface area (Å²) in [6.45, 7) is 7.47. The van der Waals surface area contributed by atoms with Gasteiger partial charge in [0.2, 0.25) is 0 Å². The van der Waals surface area contributed by atoms with Gasteiger partial charge in [-0.3, -0.25) is 0 Å². The van der Waals surface area contributed by atoms with Crippen molar-refractivity contribution in [2.24, 2.45) is 5.92 Å². The molecule has 0 aromatic rings. The highest BCUT2D eigenvalue weighted by atomic mass is 15.1. The van der Waals surface area contributed by atoms with Gasteiger partial charge in [-0.05, 0) is 18.5 Å². The maximum absolute atomic E-state index is 2.31. The largest absolute Gasteiger partial charge is 0.380 e. The van der Waals surface area contributed by atoms with Gasteiger partial charge in [0.25, 0.3) is 0 Å². The highest BCUT2D eigenvalue weighted by Crippen LogP contribution is 2.15. The minimum atomic E-state index is 0.833. The minimum Gasteiger partial charge on any atom is -0.380 e. The van der Waals surface area contributed by atoms with Crippen LogP contribution in [0.2, 0.25) is 0 Å². The van der Waals surface area contributed by atoms with Crippen molar-refractivity contribution in [3.63, 3.8) is 0 Å². The van der Waals surface area contributed by atoms with Gasteiger partial charge in [0.05, 0.1) is 0 Å². The topological polar surface area (TPSA) is 3.24 Å². The fourth-order valence-corrected chi connectivity index (χ4v) is 1.32. The van der Waals surface area contributed by atoms with Gasteiger partial charge in [0.1, 0.15) is 0 Å². The zero-order chi connectivity index (χ0) is 8.69. The van der Waals surface area contributed by atoms with Gasteiger partial charge in [-0.1, -0.05) is 33.3 Å². The average molecular weight is 155 g/mol. The molecule has 0 radical (unpaired) electrons. The van der Waals surface area contributed by atoms with Crippen molar-refractivity contribution in [2.45, 2.75) is 33.6 Å². The van der Waals surface area contributed by atoms with Crippen LogP contribution in [-0.4, -0.2) is 18.5 Å². The summed E-state index contributed by atoms with van der Waals surface area (Å²) in [7, 11) is 2.13. The molecule has 1 rings (SSSR count). The van der Waals surface area contributed by atoms with Crippen LogP contribution in [-0.2, 0) is 0 Å². The predicted molar refractivity (Wildman–Crippen MR) is 51.5 cm³/mol. The van der Waals surface area contributed by atoms with E-state index in [4.69, 9.17) is 0 Å². The van der Waals surface area contributed by atoms with E-state index in [1.165, 1.54) is 19.4 Å². The second-order valence-electron chi connectivity index (χ2n) is 2.83. The lowest BCUT2D eigenvalue weighted by Crippen LogP contribution is -2.12. The third-order valence-corrected chi connectivity index (χ3v) is 1.79. The fourth-order valence-electron chi connectivity index (χ4n) is 1.32. The summed E-state index contributed by atoms with van der Waals surface area (Å²) in [5.41, 5.74) is 0. The molecule has 1 unspecified atom stereocenters. The van der Waals surface area contributed by atoms with Crippen LogP contribution in [0.15, 0.2) is 12.3 Å². The third kappa shape index (κ3) is 4.07. The second-order valence-corrected chi connectivity index (χ2v) is 2.83. The standard InChI is InChI=1S/C8H15N.C2H6/c1-3-4-8-5-6-9(2)7-8;1-2/h5-6,8H,3-4,7H2,1-2H3;1-2H3. The van der Waals surface area contributed by atoms with Crippen LogP contribution in [0.3, 0.4) is 0 Å². The Labute approximate surface area is 71.1 Å². The van der Waals surface area contributed by atoms with Crippen molar-refractivity contribution in [2.75, 3.05) is 13.6 Å². The van der Waals surface area contributed by atoms with E-state index in [-0.39, 0.29) is 0 Å². The Morgan fingerprint density at radius 1 is 1.45 bits per heavy atom. The average Bonchev–Trinajstić information content (AvgIpc) is 2.41. The zero-order valence-electron chi connectivity index (χ0n) is 8.30. The molecule has 0 fully saturated rings. The molecular weight excluding hydrogens is 134 g/mol. The summed E-state index contributed by atoms with van der Waals surface area (Å²) >= 11 is 0. The molecule has 1 heterocycles. The van der Waals surface area contributed by atoms with Crippen LogP contribution >= 0.6 is 0 Å². The molecule has 0 aliphatic carbocycles. The van der Waals surface area contributed by atoms with E-state index in [0.29, 0.717) is 0 Å². The Bertz CT molecular complexity index is 107. The minimum absolute atomic E-state index is 0.833. The van der Waals surface area contributed by atoms with E-state index in [0.717, 1.165) is 5.92 Å². The van der Waals surface area contributed by atoms with Gasteiger partial charge >= 0.3 is 0 Å². The molecule has 0 aromatic heterocycles. The first-order valence-electron chi connectivity index (χ1n) is 4.71. The smallest absolute Gasteiger partial charge is 0.0232 e. The van der Waals surface area contributed by atoms with Gasteiger partial charge < -0.3 is 4.90 Å². The molecule has 1 aliphatic heterocycles. The summed E-state index contributed by atoms with van der Waals surface area (Å²) in [5, 5.41) is 0. The SMILES string of the molecule is CC.CCCC1C=CN(C)C1. The van der Waals surface area contributed by atoms with Gasteiger partial charge in [-0.2, -0.15) is 0 Å². The van der Waals surface area contributed by atoms with Crippen LogP contribution in [0.4, 0.5) is 0 Å². The predicted octanol–water partition coefficient (Wildman–Crippen LogP) is 2.89. The fraction of sp³-hybridized carbons (Fsp3) is 0.800. The third-order valence-electron chi connectivity index (χ3n) is 1.79. The van der Waals surface area contributed by atoms with E-state index in [1.807, 2.05) is 13.8 Å². The zero-order valence-corrected chi connectivity index (χ0v) is 8.30.